The Balaban J connectivity index is 0.000000700. The number of fused-ring (bicyclic) bond motifs is 2. The molecule has 4 saturated heterocycles. The molecule has 0 radical (unpaired) electrons. The van der Waals surface area contributed by atoms with Gasteiger partial charge in [-0.15, -0.1) is 0 Å². The third-order valence-corrected chi connectivity index (χ3v) is 21.8. The van der Waals surface area contributed by atoms with Crippen LogP contribution in [0, 0.1) is 0 Å². The highest BCUT2D eigenvalue weighted by molar-refractivity contribution is 6.70. The van der Waals surface area contributed by atoms with E-state index < -0.39 is 109 Å². The third-order valence-electron chi connectivity index (χ3n) is 21.8. The van der Waals surface area contributed by atoms with Crippen LogP contribution < -0.4 is 21.9 Å². The van der Waals surface area contributed by atoms with Crippen molar-refractivity contribution in [1.82, 2.24) is 9.80 Å². The maximum absolute atomic E-state index is 15.9. The Morgan fingerprint density at radius 3 is 0.625 bits per heavy atom. The average Bonchev–Trinajstić information content (AvgIpc) is 0.740. The maximum atomic E-state index is 15.9. The first kappa shape index (κ1) is 68.0. The average molecular weight is 1210 g/mol. The van der Waals surface area contributed by atoms with Crippen molar-refractivity contribution in [2.45, 2.75) is 300 Å². The van der Waals surface area contributed by atoms with E-state index in [1.807, 2.05) is 163 Å². The fourth-order valence-electron chi connectivity index (χ4n) is 13.4. The van der Waals surface area contributed by atoms with Crippen LogP contribution in [0.1, 0.15) is 285 Å². The largest absolute Gasteiger partial charge is 0.495 e. The van der Waals surface area contributed by atoms with Gasteiger partial charge in [0.2, 0.25) is 0 Å². The van der Waals surface area contributed by atoms with Gasteiger partial charge in [-0.05, 0) is 191 Å². The van der Waals surface area contributed by atoms with Crippen molar-refractivity contribution >= 4 is 117 Å². The summed E-state index contributed by atoms with van der Waals surface area (Å²) in [5.41, 5.74) is -3.63. The predicted octanol–water partition coefficient (Wildman–Crippen LogP) is 13.7. The summed E-state index contributed by atoms with van der Waals surface area (Å²) < 4.78 is 55.4. The maximum Gasteiger partial charge on any atom is 0.495 e. The minimum atomic E-state index is -1.06. The van der Waals surface area contributed by atoms with E-state index in [4.69, 9.17) is 37.2 Å². The van der Waals surface area contributed by atoms with Crippen LogP contribution in [-0.4, -0.2) is 119 Å². The molecule has 14 nitrogen and oxygen atoms in total. The van der Waals surface area contributed by atoms with E-state index in [0.717, 1.165) is 0 Å². The van der Waals surface area contributed by atoms with Crippen molar-refractivity contribution in [3.63, 3.8) is 0 Å². The van der Waals surface area contributed by atoms with Gasteiger partial charge >= 0.3 is 28.5 Å². The van der Waals surface area contributed by atoms with Crippen molar-refractivity contribution in [3.8, 4) is 0 Å². The Morgan fingerprint density at radius 1 is 0.307 bits per heavy atom. The quantitative estimate of drug-likeness (QED) is 0.0304. The zero-order valence-electron chi connectivity index (χ0n) is 58.1. The van der Waals surface area contributed by atoms with Gasteiger partial charge in [-0.3, -0.25) is 29.0 Å². The molecule has 11 rings (SSSR count). The van der Waals surface area contributed by atoms with Crippen LogP contribution in [0.5, 0.6) is 0 Å². The van der Waals surface area contributed by atoms with Crippen LogP contribution >= 0.6 is 0 Å². The number of carbonyl (C=O) groups is 4. The lowest BCUT2D eigenvalue weighted by molar-refractivity contribution is 0.00578. The summed E-state index contributed by atoms with van der Waals surface area (Å²) in [4.78, 5) is 66.5. The molecule has 6 heterocycles. The van der Waals surface area contributed by atoms with E-state index in [9.17, 15) is 0 Å². The molecule has 4 amide bonds. The van der Waals surface area contributed by atoms with Gasteiger partial charge < -0.3 is 37.2 Å². The van der Waals surface area contributed by atoms with E-state index in [1.165, 1.54) is 61.2 Å². The SMILES string of the molecule is CCC(CC)N1C(=O)c2c(B3OC(C)(C)C(C)(C)O3)cc3c4cc(B5OC(C)(C)C(C)(C)O5)c5c6c(c(B7OC(C)(C)C(C)(C)O7)cc(c7cc(B8OC(C)(C)C(C)(C)O8)c(c2c37)C1=O)c64)C(=O)N(C(CC)CC)C5=O.CCCCCC.CCCCCC. The number of rotatable bonds is 16. The van der Waals surface area contributed by atoms with Crippen LogP contribution in [0.3, 0.4) is 0 Å². The second-order valence-corrected chi connectivity index (χ2v) is 29.7. The van der Waals surface area contributed by atoms with Crippen molar-refractivity contribution in [1.29, 1.82) is 0 Å². The molecule has 0 saturated carbocycles. The molecule has 5 aromatic rings. The Kier molecular flexibility index (Phi) is 18.5. The third kappa shape index (κ3) is 10.8. The summed E-state index contributed by atoms with van der Waals surface area (Å²) in [6.07, 6.45) is 13.2. The minimum absolute atomic E-state index is 0.288. The van der Waals surface area contributed by atoms with Crippen LogP contribution in [0.25, 0.3) is 43.1 Å². The van der Waals surface area contributed by atoms with Gasteiger partial charge in [-0.1, -0.05) is 131 Å². The van der Waals surface area contributed by atoms with Crippen LogP contribution in [-0.2, 0) is 37.2 Å². The van der Waals surface area contributed by atoms with Crippen LogP contribution in [0.2, 0.25) is 0 Å². The number of hydrogen-bond donors (Lipinski definition) is 0. The molecule has 0 atom stereocenters. The monoisotopic (exact) mass is 1210 g/mol. The highest BCUT2D eigenvalue weighted by Crippen LogP contribution is 2.50. The fourth-order valence-corrected chi connectivity index (χ4v) is 13.4. The zero-order valence-corrected chi connectivity index (χ0v) is 58.1. The zero-order chi connectivity index (χ0) is 65.1. The van der Waals surface area contributed by atoms with Gasteiger partial charge in [0.05, 0.1) is 44.8 Å². The molecule has 6 aliphatic heterocycles. The Hall–Kier alpha value is -4.38. The second-order valence-electron chi connectivity index (χ2n) is 29.7. The smallest absolute Gasteiger partial charge is 0.399 e. The van der Waals surface area contributed by atoms with E-state index >= 15 is 19.2 Å². The molecule has 0 bridgehead atoms. The molecule has 476 valence electrons. The van der Waals surface area contributed by atoms with Crippen molar-refractivity contribution in [2.75, 3.05) is 0 Å². The number of imide groups is 2. The minimum Gasteiger partial charge on any atom is -0.399 e. The molecule has 18 heteroatoms. The Morgan fingerprint density at radius 2 is 0.477 bits per heavy atom. The van der Waals surface area contributed by atoms with E-state index in [2.05, 4.69) is 27.7 Å². The number of benzene rings is 5. The van der Waals surface area contributed by atoms with Gasteiger partial charge in [-0.25, -0.2) is 0 Å². The first-order valence-electron chi connectivity index (χ1n) is 33.5. The number of nitrogens with zero attached hydrogens (tertiary/aromatic N) is 2. The molecule has 0 N–H and O–H groups in total. The number of amides is 4. The number of unbranched alkanes of at least 4 members (excludes halogenated alkanes) is 6. The molecule has 6 aliphatic rings. The standard InChI is InChI=1S/C58H74B4N2O12.2C6H14/c1-21-29(22-2)63-47(65)41-35(59-69-51(5,6)52(7,8)70-59)25-31-33-27-37(61-73-55(13,14)56(15,16)74-61)43-46-40(33)34(32-26-36(42(48(63)66)45(41)39(31)32)60-71-53(9,10)54(11,12)72-60)28-38(62-75-57(17,18)58(19,20)76-62)44(46)50(68)64(49(43)67)30(23-3)24-4;2*1-3-5-6-4-2/h25-30H,21-24H2,1-20H3;2*3-6H2,1-2H3. The normalized spacial score (nSPS) is 21.8. The molecule has 5 aromatic carbocycles. The van der Waals surface area contributed by atoms with Gasteiger partial charge in [0.15, 0.2) is 0 Å². The molecule has 0 aromatic heterocycles. The first-order valence-corrected chi connectivity index (χ1v) is 33.5. The van der Waals surface area contributed by atoms with E-state index in [1.54, 1.807) is 0 Å². The highest BCUT2D eigenvalue weighted by Gasteiger charge is 2.59. The van der Waals surface area contributed by atoms with Crippen molar-refractivity contribution in [3.05, 3.63) is 46.5 Å². The van der Waals surface area contributed by atoms with E-state index in [0.29, 0.717) is 90.6 Å². The predicted molar refractivity (Wildman–Crippen MR) is 360 cm³/mol. The highest BCUT2D eigenvalue weighted by atomic mass is 16.7. The van der Waals surface area contributed by atoms with Crippen LogP contribution in [0.4, 0.5) is 0 Å². The molecule has 0 spiro atoms. The van der Waals surface area contributed by atoms with Gasteiger partial charge in [0, 0.05) is 45.1 Å². The summed E-state index contributed by atoms with van der Waals surface area (Å²) in [7, 11) is -4.25. The van der Waals surface area contributed by atoms with Crippen molar-refractivity contribution in [2.24, 2.45) is 0 Å². The fraction of sp³-hybridized carbons (Fsp3) is 0.657. The lowest BCUT2D eigenvalue weighted by Gasteiger charge is -2.37. The summed E-state index contributed by atoms with van der Waals surface area (Å²) in [6, 6.07) is 7.01. The molecule has 0 unspecified atom stereocenters. The lowest BCUT2D eigenvalue weighted by Crippen LogP contribution is -2.53. The van der Waals surface area contributed by atoms with Crippen molar-refractivity contribution < 1.29 is 56.4 Å². The Labute approximate surface area is 527 Å². The summed E-state index contributed by atoms with van der Waals surface area (Å²) in [5, 5.41) is 4.66. The molecule has 0 aliphatic carbocycles. The van der Waals surface area contributed by atoms with Gasteiger partial charge in [-0.2, -0.15) is 0 Å². The first-order chi connectivity index (χ1) is 41.0. The molecule has 4 fully saturated rings. The van der Waals surface area contributed by atoms with Gasteiger partial charge in [0.1, 0.15) is 0 Å². The van der Waals surface area contributed by atoms with E-state index in [-0.39, 0.29) is 22.3 Å². The molecular formula is C70H102B4N2O12. The molecular weight excluding hydrogens is 1100 g/mol. The Bertz CT molecular complexity index is 3040. The topological polar surface area (TPSA) is 149 Å². The number of hydrogen-bond acceptors (Lipinski definition) is 12. The summed E-state index contributed by atoms with van der Waals surface area (Å²) in [5.74, 6) is -1.82. The summed E-state index contributed by atoms with van der Waals surface area (Å²) in [6.45, 7) is 48.4. The lowest BCUT2D eigenvalue weighted by atomic mass is 9.64. The van der Waals surface area contributed by atoms with Crippen LogP contribution in [0.15, 0.2) is 24.3 Å². The second kappa shape index (κ2) is 23.9. The molecule has 88 heavy (non-hydrogen) atoms. The number of carbonyl (C=O) groups excluding carboxylic acids is 4. The summed E-state index contributed by atoms with van der Waals surface area (Å²) >= 11 is 0. The van der Waals surface area contributed by atoms with Gasteiger partial charge in [0.25, 0.3) is 23.6 Å².